The van der Waals surface area contributed by atoms with Gasteiger partial charge in [-0.3, -0.25) is 4.79 Å². The lowest BCUT2D eigenvalue weighted by Gasteiger charge is -2.12. The Morgan fingerprint density at radius 3 is 2.24 bits per heavy atom. The largest absolute Gasteiger partial charge is 0.326 e. The van der Waals surface area contributed by atoms with E-state index in [1.54, 1.807) is 24.3 Å². The Morgan fingerprint density at radius 1 is 1.04 bits per heavy atom. The minimum atomic E-state index is -3.42. The van der Waals surface area contributed by atoms with E-state index >= 15 is 0 Å². The SMILES string of the molecule is Cc1ccc(NC(=O)CCc2ccc(S(=O)(=O)N(C)C)cc2)c(C)c1. The number of amides is 1. The van der Waals surface area contributed by atoms with Crippen molar-refractivity contribution in [1.82, 2.24) is 4.31 Å². The van der Waals surface area contributed by atoms with E-state index in [2.05, 4.69) is 5.32 Å². The molecule has 0 saturated carbocycles. The number of aryl methyl sites for hydroxylation is 3. The number of anilines is 1. The Labute approximate surface area is 149 Å². The number of hydrogen-bond donors (Lipinski definition) is 1. The van der Waals surface area contributed by atoms with Crippen LogP contribution in [0.15, 0.2) is 47.4 Å². The Hall–Kier alpha value is -2.18. The highest BCUT2D eigenvalue weighted by molar-refractivity contribution is 7.89. The molecule has 0 radical (unpaired) electrons. The van der Waals surface area contributed by atoms with Crippen molar-refractivity contribution in [2.24, 2.45) is 0 Å². The fourth-order valence-corrected chi connectivity index (χ4v) is 3.36. The van der Waals surface area contributed by atoms with Gasteiger partial charge in [-0.25, -0.2) is 12.7 Å². The summed E-state index contributed by atoms with van der Waals surface area (Å²) in [5, 5.41) is 2.92. The summed E-state index contributed by atoms with van der Waals surface area (Å²) in [4.78, 5) is 12.4. The van der Waals surface area contributed by atoms with Crippen LogP contribution in [0.1, 0.15) is 23.1 Å². The van der Waals surface area contributed by atoms with E-state index in [1.807, 2.05) is 32.0 Å². The molecule has 134 valence electrons. The number of carbonyl (C=O) groups is 1. The summed E-state index contributed by atoms with van der Waals surface area (Å²) in [7, 11) is -0.419. The van der Waals surface area contributed by atoms with Crippen LogP contribution < -0.4 is 5.32 Å². The third-order valence-electron chi connectivity index (χ3n) is 4.00. The molecule has 0 heterocycles. The molecule has 0 bridgehead atoms. The molecular formula is C19H24N2O3S. The second kappa shape index (κ2) is 7.80. The van der Waals surface area contributed by atoms with Crippen LogP contribution >= 0.6 is 0 Å². The van der Waals surface area contributed by atoms with Crippen molar-refractivity contribution in [2.75, 3.05) is 19.4 Å². The molecule has 2 aromatic carbocycles. The lowest BCUT2D eigenvalue weighted by Crippen LogP contribution is -2.22. The lowest BCUT2D eigenvalue weighted by molar-refractivity contribution is -0.116. The molecule has 0 spiro atoms. The van der Waals surface area contributed by atoms with Gasteiger partial charge in [0.25, 0.3) is 0 Å². The van der Waals surface area contributed by atoms with Crippen molar-refractivity contribution < 1.29 is 13.2 Å². The molecule has 1 N–H and O–H groups in total. The van der Waals surface area contributed by atoms with Crippen molar-refractivity contribution >= 4 is 21.6 Å². The Morgan fingerprint density at radius 2 is 1.68 bits per heavy atom. The van der Waals surface area contributed by atoms with E-state index in [4.69, 9.17) is 0 Å². The van der Waals surface area contributed by atoms with Crippen molar-refractivity contribution in [3.63, 3.8) is 0 Å². The van der Waals surface area contributed by atoms with Gasteiger partial charge in [-0.1, -0.05) is 29.8 Å². The third kappa shape index (κ3) is 4.90. The van der Waals surface area contributed by atoms with Gasteiger partial charge in [0.2, 0.25) is 15.9 Å². The van der Waals surface area contributed by atoms with Gasteiger partial charge >= 0.3 is 0 Å². The normalized spacial score (nSPS) is 11.6. The van der Waals surface area contributed by atoms with E-state index in [0.717, 1.165) is 22.4 Å². The molecule has 0 aliphatic carbocycles. The van der Waals surface area contributed by atoms with Gasteiger partial charge in [-0.05, 0) is 49.6 Å². The molecule has 0 aliphatic rings. The van der Waals surface area contributed by atoms with Gasteiger partial charge in [0.15, 0.2) is 0 Å². The first-order chi connectivity index (χ1) is 11.7. The standard InChI is InChI=1S/C19H24N2O3S/c1-14-5-11-18(15(2)13-14)20-19(22)12-8-16-6-9-17(10-7-16)25(23,24)21(3)4/h5-7,9-11,13H,8,12H2,1-4H3,(H,20,22). The molecule has 0 unspecified atom stereocenters. The molecule has 0 saturated heterocycles. The second-order valence-electron chi connectivity index (χ2n) is 6.30. The number of nitrogens with one attached hydrogen (secondary N) is 1. The summed E-state index contributed by atoms with van der Waals surface area (Å²) in [6, 6.07) is 12.6. The van der Waals surface area contributed by atoms with E-state index in [-0.39, 0.29) is 10.8 Å². The maximum Gasteiger partial charge on any atom is 0.242 e. The van der Waals surface area contributed by atoms with Gasteiger partial charge in [-0.2, -0.15) is 0 Å². The molecule has 0 aromatic heterocycles. The van der Waals surface area contributed by atoms with E-state index in [9.17, 15) is 13.2 Å². The number of rotatable bonds is 6. The summed E-state index contributed by atoms with van der Waals surface area (Å²) in [5.41, 5.74) is 3.94. The number of carbonyl (C=O) groups excluding carboxylic acids is 1. The van der Waals surface area contributed by atoms with Crippen LogP contribution in [0.5, 0.6) is 0 Å². The first kappa shape index (κ1) is 19.1. The summed E-state index contributed by atoms with van der Waals surface area (Å²) < 4.78 is 25.2. The second-order valence-corrected chi connectivity index (χ2v) is 8.45. The van der Waals surface area contributed by atoms with Gasteiger partial charge in [0, 0.05) is 26.2 Å². The van der Waals surface area contributed by atoms with Crippen molar-refractivity contribution in [3.8, 4) is 0 Å². The van der Waals surface area contributed by atoms with Crippen LogP contribution in [-0.4, -0.2) is 32.7 Å². The molecule has 0 atom stereocenters. The van der Waals surface area contributed by atoms with Gasteiger partial charge in [0.1, 0.15) is 0 Å². The minimum absolute atomic E-state index is 0.0584. The van der Waals surface area contributed by atoms with Gasteiger partial charge < -0.3 is 5.32 Å². The molecule has 0 aliphatic heterocycles. The highest BCUT2D eigenvalue weighted by atomic mass is 32.2. The number of nitrogens with zero attached hydrogens (tertiary/aromatic N) is 1. The maximum atomic E-state index is 12.1. The van der Waals surface area contributed by atoms with E-state index in [0.29, 0.717) is 12.8 Å². The predicted octanol–water partition coefficient (Wildman–Crippen LogP) is 3.13. The first-order valence-electron chi connectivity index (χ1n) is 8.09. The minimum Gasteiger partial charge on any atom is -0.326 e. The smallest absolute Gasteiger partial charge is 0.242 e. The molecule has 25 heavy (non-hydrogen) atoms. The maximum absolute atomic E-state index is 12.1. The first-order valence-corrected chi connectivity index (χ1v) is 9.53. The Kier molecular flexibility index (Phi) is 5.98. The molecule has 1 amide bonds. The van der Waals surface area contributed by atoms with Crippen LogP contribution in [0.2, 0.25) is 0 Å². The van der Waals surface area contributed by atoms with Crippen molar-refractivity contribution in [1.29, 1.82) is 0 Å². The summed E-state index contributed by atoms with van der Waals surface area (Å²) in [5.74, 6) is -0.0584. The highest BCUT2D eigenvalue weighted by Crippen LogP contribution is 2.17. The topological polar surface area (TPSA) is 66.5 Å². The fraction of sp³-hybridized carbons (Fsp3) is 0.316. The van der Waals surface area contributed by atoms with Gasteiger partial charge in [-0.15, -0.1) is 0 Å². The number of hydrogen-bond acceptors (Lipinski definition) is 3. The number of benzene rings is 2. The molecule has 2 aromatic rings. The summed E-state index contributed by atoms with van der Waals surface area (Å²) >= 11 is 0. The zero-order chi connectivity index (χ0) is 18.6. The van der Waals surface area contributed by atoms with Crippen molar-refractivity contribution in [2.45, 2.75) is 31.6 Å². The average Bonchev–Trinajstić information content (AvgIpc) is 2.56. The zero-order valence-corrected chi connectivity index (χ0v) is 15.9. The van der Waals surface area contributed by atoms with Crippen LogP contribution in [-0.2, 0) is 21.2 Å². The van der Waals surface area contributed by atoms with Crippen molar-refractivity contribution in [3.05, 3.63) is 59.2 Å². The monoisotopic (exact) mass is 360 g/mol. The quantitative estimate of drug-likeness (QED) is 0.861. The van der Waals surface area contributed by atoms with Crippen LogP contribution in [0.3, 0.4) is 0 Å². The lowest BCUT2D eigenvalue weighted by atomic mass is 10.1. The zero-order valence-electron chi connectivity index (χ0n) is 15.0. The molecule has 6 heteroatoms. The Balaban J connectivity index is 1.96. The third-order valence-corrected chi connectivity index (χ3v) is 5.83. The van der Waals surface area contributed by atoms with Gasteiger partial charge in [0.05, 0.1) is 4.90 Å². The molecular weight excluding hydrogens is 336 g/mol. The highest BCUT2D eigenvalue weighted by Gasteiger charge is 2.16. The summed E-state index contributed by atoms with van der Waals surface area (Å²) in [6.07, 6.45) is 0.895. The summed E-state index contributed by atoms with van der Waals surface area (Å²) in [6.45, 7) is 3.98. The number of sulfonamides is 1. The van der Waals surface area contributed by atoms with E-state index < -0.39 is 10.0 Å². The predicted molar refractivity (Wildman–Crippen MR) is 100 cm³/mol. The van der Waals surface area contributed by atoms with Crippen LogP contribution in [0.25, 0.3) is 0 Å². The molecule has 5 nitrogen and oxygen atoms in total. The Bertz CT molecular complexity index is 857. The van der Waals surface area contributed by atoms with E-state index in [1.165, 1.54) is 18.4 Å². The van der Waals surface area contributed by atoms with Crippen LogP contribution in [0.4, 0.5) is 5.69 Å². The molecule has 0 fully saturated rings. The fourth-order valence-electron chi connectivity index (χ4n) is 2.46. The average molecular weight is 360 g/mol. The van der Waals surface area contributed by atoms with Crippen LogP contribution in [0, 0.1) is 13.8 Å². The molecule has 2 rings (SSSR count).